The molecule has 0 fully saturated rings. The van der Waals surface area contributed by atoms with Crippen LogP contribution in [-0.2, 0) is 10.0 Å². The van der Waals surface area contributed by atoms with Gasteiger partial charge in [0.25, 0.3) is 0 Å². The SMILES string of the molecule is CCN(CC)C(CNS(=O)(=O)c1ccc(F)c(C#N)c1)c1cccc(OC)c1. The van der Waals surface area contributed by atoms with Crippen molar-refractivity contribution in [2.45, 2.75) is 24.8 Å². The van der Waals surface area contributed by atoms with Crippen molar-refractivity contribution < 1.29 is 17.5 Å². The summed E-state index contributed by atoms with van der Waals surface area (Å²) in [6.45, 7) is 5.59. The Labute approximate surface area is 165 Å². The molecule has 0 saturated carbocycles. The van der Waals surface area contributed by atoms with E-state index in [0.29, 0.717) is 5.75 Å². The molecule has 1 unspecified atom stereocenters. The number of benzene rings is 2. The zero-order chi connectivity index (χ0) is 20.7. The maximum Gasteiger partial charge on any atom is 0.240 e. The fourth-order valence-electron chi connectivity index (χ4n) is 3.00. The highest BCUT2D eigenvalue weighted by atomic mass is 32.2. The van der Waals surface area contributed by atoms with E-state index >= 15 is 0 Å². The number of hydrogen-bond acceptors (Lipinski definition) is 5. The molecule has 0 aliphatic carbocycles. The van der Waals surface area contributed by atoms with Gasteiger partial charge in [-0.2, -0.15) is 5.26 Å². The van der Waals surface area contributed by atoms with Gasteiger partial charge in [0.1, 0.15) is 17.6 Å². The van der Waals surface area contributed by atoms with Crippen molar-refractivity contribution in [1.29, 1.82) is 5.26 Å². The number of nitriles is 1. The highest BCUT2D eigenvalue weighted by Crippen LogP contribution is 2.24. The smallest absolute Gasteiger partial charge is 0.240 e. The molecule has 1 atom stereocenters. The molecule has 0 aliphatic heterocycles. The zero-order valence-electron chi connectivity index (χ0n) is 16.1. The largest absolute Gasteiger partial charge is 0.497 e. The Morgan fingerprint density at radius 2 is 1.93 bits per heavy atom. The molecule has 0 saturated heterocycles. The normalized spacial score (nSPS) is 12.6. The van der Waals surface area contributed by atoms with Crippen molar-refractivity contribution in [2.24, 2.45) is 0 Å². The van der Waals surface area contributed by atoms with E-state index in [0.717, 1.165) is 36.9 Å². The lowest BCUT2D eigenvalue weighted by Gasteiger charge is -2.30. The first-order valence-corrected chi connectivity index (χ1v) is 10.4. The zero-order valence-corrected chi connectivity index (χ0v) is 17.0. The van der Waals surface area contributed by atoms with Crippen LogP contribution in [0, 0.1) is 17.1 Å². The van der Waals surface area contributed by atoms with Crippen molar-refractivity contribution in [3.05, 3.63) is 59.4 Å². The predicted molar refractivity (Wildman–Crippen MR) is 105 cm³/mol. The molecule has 8 heteroatoms. The van der Waals surface area contributed by atoms with Crippen LogP contribution in [0.15, 0.2) is 47.4 Å². The molecule has 150 valence electrons. The molecule has 2 rings (SSSR count). The molecule has 2 aromatic carbocycles. The van der Waals surface area contributed by atoms with Crippen LogP contribution in [0.4, 0.5) is 4.39 Å². The van der Waals surface area contributed by atoms with E-state index in [1.54, 1.807) is 13.2 Å². The van der Waals surface area contributed by atoms with Gasteiger partial charge in [-0.3, -0.25) is 4.90 Å². The number of rotatable bonds is 9. The first-order valence-electron chi connectivity index (χ1n) is 8.93. The number of nitrogens with one attached hydrogen (secondary N) is 1. The van der Waals surface area contributed by atoms with Crippen molar-refractivity contribution in [3.8, 4) is 11.8 Å². The fraction of sp³-hybridized carbons (Fsp3) is 0.350. The molecule has 0 bridgehead atoms. The third kappa shape index (κ3) is 5.07. The van der Waals surface area contributed by atoms with Gasteiger partial charge in [-0.15, -0.1) is 0 Å². The van der Waals surface area contributed by atoms with Gasteiger partial charge < -0.3 is 4.74 Å². The average Bonchev–Trinajstić information content (AvgIpc) is 2.71. The van der Waals surface area contributed by atoms with Crippen LogP contribution in [0.1, 0.15) is 31.0 Å². The van der Waals surface area contributed by atoms with E-state index in [-0.39, 0.29) is 23.0 Å². The lowest BCUT2D eigenvalue weighted by Crippen LogP contribution is -2.38. The van der Waals surface area contributed by atoms with E-state index in [1.807, 2.05) is 38.1 Å². The van der Waals surface area contributed by atoms with Gasteiger partial charge in [-0.25, -0.2) is 17.5 Å². The van der Waals surface area contributed by atoms with Gasteiger partial charge in [0, 0.05) is 12.6 Å². The maximum absolute atomic E-state index is 13.5. The first-order chi connectivity index (χ1) is 13.4. The van der Waals surface area contributed by atoms with E-state index in [4.69, 9.17) is 10.00 Å². The summed E-state index contributed by atoms with van der Waals surface area (Å²) < 4.78 is 46.7. The van der Waals surface area contributed by atoms with Crippen molar-refractivity contribution >= 4 is 10.0 Å². The van der Waals surface area contributed by atoms with Gasteiger partial charge >= 0.3 is 0 Å². The fourth-order valence-corrected chi connectivity index (χ4v) is 4.06. The lowest BCUT2D eigenvalue weighted by molar-refractivity contribution is 0.219. The van der Waals surface area contributed by atoms with E-state index in [2.05, 4.69) is 9.62 Å². The third-order valence-corrected chi connectivity index (χ3v) is 5.99. The molecule has 0 radical (unpaired) electrons. The number of hydrogen-bond donors (Lipinski definition) is 1. The lowest BCUT2D eigenvalue weighted by atomic mass is 10.0. The summed E-state index contributed by atoms with van der Waals surface area (Å²) in [7, 11) is -2.33. The van der Waals surface area contributed by atoms with Crippen LogP contribution in [0.2, 0.25) is 0 Å². The molecule has 1 N–H and O–H groups in total. The third-order valence-electron chi connectivity index (χ3n) is 4.57. The number of halogens is 1. The molecular weight excluding hydrogens is 381 g/mol. The number of sulfonamides is 1. The van der Waals surface area contributed by atoms with Crippen LogP contribution < -0.4 is 9.46 Å². The molecule has 28 heavy (non-hydrogen) atoms. The molecule has 0 aromatic heterocycles. The second-order valence-corrected chi connectivity index (χ2v) is 7.89. The molecule has 0 aliphatic rings. The Morgan fingerprint density at radius 3 is 2.54 bits per heavy atom. The Balaban J connectivity index is 2.30. The quantitative estimate of drug-likeness (QED) is 0.693. The Hall–Kier alpha value is -2.47. The van der Waals surface area contributed by atoms with E-state index in [9.17, 15) is 12.8 Å². The van der Waals surface area contributed by atoms with Gasteiger partial charge in [0.15, 0.2) is 0 Å². The maximum atomic E-state index is 13.5. The number of likely N-dealkylation sites (N-methyl/N-ethyl adjacent to an activating group) is 1. The summed E-state index contributed by atoms with van der Waals surface area (Å²) in [5, 5.41) is 8.94. The Bertz CT molecular complexity index is 953. The Kier molecular flexibility index (Phi) is 7.52. The number of nitrogens with zero attached hydrogens (tertiary/aromatic N) is 2. The van der Waals surface area contributed by atoms with Gasteiger partial charge in [0.2, 0.25) is 10.0 Å². The topological polar surface area (TPSA) is 82.4 Å². The Morgan fingerprint density at radius 1 is 1.21 bits per heavy atom. The summed E-state index contributed by atoms with van der Waals surface area (Å²) in [6.07, 6.45) is 0. The van der Waals surface area contributed by atoms with Gasteiger partial charge in [-0.05, 0) is 49.0 Å². The minimum Gasteiger partial charge on any atom is -0.497 e. The summed E-state index contributed by atoms with van der Waals surface area (Å²) in [6, 6.07) is 12.1. The predicted octanol–water partition coefficient (Wildman–Crippen LogP) is 3.07. The van der Waals surface area contributed by atoms with Crippen molar-refractivity contribution in [3.63, 3.8) is 0 Å². The van der Waals surface area contributed by atoms with E-state index in [1.165, 1.54) is 0 Å². The standard InChI is InChI=1S/C20H24FN3O3S/c1-4-24(5-2)20(15-7-6-8-17(11-15)27-3)14-23-28(25,26)18-9-10-19(21)16(12-18)13-22/h6-12,20,23H,4-5,14H2,1-3H3. The molecule has 6 nitrogen and oxygen atoms in total. The monoisotopic (exact) mass is 405 g/mol. The molecular formula is C20H24FN3O3S. The summed E-state index contributed by atoms with van der Waals surface area (Å²) >= 11 is 0. The van der Waals surface area contributed by atoms with E-state index < -0.39 is 15.8 Å². The highest BCUT2D eigenvalue weighted by Gasteiger charge is 2.23. The molecule has 2 aromatic rings. The van der Waals surface area contributed by atoms with Gasteiger partial charge in [-0.1, -0.05) is 26.0 Å². The molecule has 0 heterocycles. The summed E-state index contributed by atoms with van der Waals surface area (Å²) in [5.74, 6) is -0.0615. The number of ether oxygens (including phenoxy) is 1. The van der Waals surface area contributed by atoms with Crippen molar-refractivity contribution in [1.82, 2.24) is 9.62 Å². The minimum absolute atomic E-state index is 0.121. The van der Waals surface area contributed by atoms with Crippen LogP contribution in [-0.4, -0.2) is 40.1 Å². The van der Waals surface area contributed by atoms with Crippen LogP contribution >= 0.6 is 0 Å². The van der Waals surface area contributed by atoms with Gasteiger partial charge in [0.05, 0.1) is 17.6 Å². The van der Waals surface area contributed by atoms with Crippen LogP contribution in [0.5, 0.6) is 5.75 Å². The second-order valence-electron chi connectivity index (χ2n) is 6.12. The van der Waals surface area contributed by atoms with Crippen LogP contribution in [0.3, 0.4) is 0 Å². The average molecular weight is 405 g/mol. The highest BCUT2D eigenvalue weighted by molar-refractivity contribution is 7.89. The molecule has 0 amide bonds. The minimum atomic E-state index is -3.90. The number of methoxy groups -OCH3 is 1. The summed E-state index contributed by atoms with van der Waals surface area (Å²) in [5.41, 5.74) is 0.610. The molecule has 0 spiro atoms. The van der Waals surface area contributed by atoms with Crippen molar-refractivity contribution in [2.75, 3.05) is 26.7 Å². The second kappa shape index (κ2) is 9.64. The van der Waals surface area contributed by atoms with Crippen LogP contribution in [0.25, 0.3) is 0 Å². The first kappa shape index (κ1) is 21.8. The summed E-state index contributed by atoms with van der Waals surface area (Å²) in [4.78, 5) is 1.98.